The van der Waals surface area contributed by atoms with E-state index in [1.54, 1.807) is 6.07 Å². The Morgan fingerprint density at radius 3 is 2.88 bits per heavy atom. The van der Waals surface area contributed by atoms with Gasteiger partial charge in [-0.1, -0.05) is 16.8 Å². The Hall–Kier alpha value is -2.04. The zero-order chi connectivity index (χ0) is 17.3. The van der Waals surface area contributed by atoms with Gasteiger partial charge in [-0.3, -0.25) is 9.78 Å². The summed E-state index contributed by atoms with van der Waals surface area (Å²) in [7, 11) is -3.56. The fraction of sp³-hybridized carbons (Fsp3) is 0.385. The van der Waals surface area contributed by atoms with Crippen molar-refractivity contribution in [1.82, 2.24) is 19.8 Å². The van der Waals surface area contributed by atoms with Crippen molar-refractivity contribution >= 4 is 27.5 Å². The predicted molar refractivity (Wildman–Crippen MR) is 84.2 cm³/mol. The molecule has 1 aliphatic rings. The van der Waals surface area contributed by atoms with Crippen LogP contribution in [0, 0.1) is 0 Å². The molecule has 1 aliphatic carbocycles. The van der Waals surface area contributed by atoms with E-state index in [2.05, 4.69) is 19.8 Å². The third-order valence-corrected chi connectivity index (χ3v) is 5.56. The summed E-state index contributed by atoms with van der Waals surface area (Å²) < 4.78 is 31.7. The topological polar surface area (TPSA) is 141 Å². The van der Waals surface area contributed by atoms with E-state index in [1.807, 2.05) is 0 Å². The molecule has 1 fully saturated rings. The molecule has 0 bridgehead atoms. The standard InChI is InChI=1S/C13H14ClN5O4S/c14-7-3-4-16-9(5-7)12-17-13(23-18-12)10(6-11(15)20)19-24(21,22)8-1-2-8/h3-5,8,10,19H,1-2,6H2,(H2,15,20)/t10-/m0/s1. The molecule has 1 atom stereocenters. The molecule has 9 nitrogen and oxygen atoms in total. The molecule has 2 aromatic rings. The first-order valence-electron chi connectivity index (χ1n) is 7.10. The Morgan fingerprint density at radius 2 is 2.25 bits per heavy atom. The fourth-order valence-electron chi connectivity index (χ4n) is 2.06. The molecule has 128 valence electrons. The number of nitrogens with one attached hydrogen (secondary N) is 1. The van der Waals surface area contributed by atoms with E-state index in [0.717, 1.165) is 0 Å². The van der Waals surface area contributed by atoms with Gasteiger partial charge in [-0.2, -0.15) is 4.98 Å². The van der Waals surface area contributed by atoms with Crippen LogP contribution in [0.3, 0.4) is 0 Å². The van der Waals surface area contributed by atoms with Gasteiger partial charge in [0, 0.05) is 11.2 Å². The zero-order valence-corrected chi connectivity index (χ0v) is 13.9. The molecule has 2 aromatic heterocycles. The summed E-state index contributed by atoms with van der Waals surface area (Å²) in [4.78, 5) is 19.4. The number of carbonyl (C=O) groups excluding carboxylic acids is 1. The van der Waals surface area contributed by atoms with E-state index >= 15 is 0 Å². The number of primary amides is 1. The molecular formula is C13H14ClN5O4S. The van der Waals surface area contributed by atoms with E-state index in [1.165, 1.54) is 12.3 Å². The first kappa shape index (κ1) is 16.8. The molecule has 2 heterocycles. The molecule has 1 saturated carbocycles. The number of sulfonamides is 1. The average molecular weight is 372 g/mol. The maximum atomic E-state index is 12.1. The van der Waals surface area contributed by atoms with Gasteiger partial charge in [0.05, 0.1) is 11.7 Å². The van der Waals surface area contributed by atoms with Crippen molar-refractivity contribution in [1.29, 1.82) is 0 Å². The summed E-state index contributed by atoms with van der Waals surface area (Å²) in [6.45, 7) is 0. The second-order valence-electron chi connectivity index (χ2n) is 5.40. The quantitative estimate of drug-likeness (QED) is 0.732. The third-order valence-electron chi connectivity index (χ3n) is 3.37. The van der Waals surface area contributed by atoms with Crippen LogP contribution >= 0.6 is 11.6 Å². The van der Waals surface area contributed by atoms with Crippen LogP contribution in [0.5, 0.6) is 0 Å². The molecule has 24 heavy (non-hydrogen) atoms. The van der Waals surface area contributed by atoms with Gasteiger partial charge in [-0.25, -0.2) is 13.1 Å². The Balaban J connectivity index is 1.86. The smallest absolute Gasteiger partial charge is 0.245 e. The van der Waals surface area contributed by atoms with Gasteiger partial charge < -0.3 is 10.3 Å². The lowest BCUT2D eigenvalue weighted by atomic mass is 10.2. The monoisotopic (exact) mass is 371 g/mol. The van der Waals surface area contributed by atoms with E-state index in [4.69, 9.17) is 21.9 Å². The number of pyridine rings is 1. The van der Waals surface area contributed by atoms with Crippen LogP contribution in [0.2, 0.25) is 5.02 Å². The van der Waals surface area contributed by atoms with E-state index in [-0.39, 0.29) is 18.1 Å². The Bertz CT molecular complexity index is 865. The Morgan fingerprint density at radius 1 is 1.50 bits per heavy atom. The molecule has 0 saturated heterocycles. The average Bonchev–Trinajstić information content (AvgIpc) is 3.24. The van der Waals surface area contributed by atoms with Gasteiger partial charge in [0.25, 0.3) is 0 Å². The van der Waals surface area contributed by atoms with Crippen molar-refractivity contribution in [2.45, 2.75) is 30.6 Å². The second-order valence-corrected chi connectivity index (χ2v) is 7.83. The minimum atomic E-state index is -3.56. The largest absolute Gasteiger partial charge is 0.370 e. The molecule has 11 heteroatoms. The van der Waals surface area contributed by atoms with Crippen LogP contribution in [-0.4, -0.2) is 34.7 Å². The predicted octanol–water partition coefficient (Wildman–Crippen LogP) is 0.783. The minimum Gasteiger partial charge on any atom is -0.370 e. The lowest BCUT2D eigenvalue weighted by Gasteiger charge is -2.13. The summed E-state index contributed by atoms with van der Waals surface area (Å²) in [5, 5.41) is 3.74. The summed E-state index contributed by atoms with van der Waals surface area (Å²) in [6, 6.07) is 2.10. The highest BCUT2D eigenvalue weighted by Crippen LogP contribution is 2.30. The Kier molecular flexibility index (Phi) is 4.52. The van der Waals surface area contributed by atoms with Crippen LogP contribution in [0.4, 0.5) is 0 Å². The number of rotatable bonds is 7. The number of hydrogen-bond acceptors (Lipinski definition) is 7. The maximum Gasteiger partial charge on any atom is 0.245 e. The molecule has 0 radical (unpaired) electrons. The fourth-order valence-corrected chi connectivity index (χ4v) is 3.75. The van der Waals surface area contributed by atoms with Gasteiger partial charge in [-0.15, -0.1) is 0 Å². The van der Waals surface area contributed by atoms with Crippen LogP contribution in [0.1, 0.15) is 31.2 Å². The third kappa shape index (κ3) is 3.89. The van der Waals surface area contributed by atoms with Crippen molar-refractivity contribution in [2.24, 2.45) is 5.73 Å². The van der Waals surface area contributed by atoms with E-state index in [0.29, 0.717) is 23.6 Å². The highest BCUT2D eigenvalue weighted by molar-refractivity contribution is 7.90. The van der Waals surface area contributed by atoms with Crippen molar-refractivity contribution in [3.05, 3.63) is 29.2 Å². The molecule has 0 unspecified atom stereocenters. The number of nitrogens with zero attached hydrogens (tertiary/aromatic N) is 3. The van der Waals surface area contributed by atoms with Crippen LogP contribution in [-0.2, 0) is 14.8 Å². The number of aromatic nitrogens is 3. The molecule has 0 aromatic carbocycles. The summed E-state index contributed by atoms with van der Waals surface area (Å²) >= 11 is 5.88. The maximum absolute atomic E-state index is 12.1. The first-order chi connectivity index (χ1) is 11.3. The second kappa shape index (κ2) is 6.46. The lowest BCUT2D eigenvalue weighted by molar-refractivity contribution is -0.118. The van der Waals surface area contributed by atoms with Gasteiger partial charge >= 0.3 is 0 Å². The number of hydrogen-bond donors (Lipinski definition) is 2. The van der Waals surface area contributed by atoms with Crippen molar-refractivity contribution in [3.63, 3.8) is 0 Å². The molecule has 0 spiro atoms. The van der Waals surface area contributed by atoms with Gasteiger partial charge in [0.1, 0.15) is 11.7 Å². The number of carbonyl (C=O) groups is 1. The first-order valence-corrected chi connectivity index (χ1v) is 9.02. The Labute approximate surface area is 142 Å². The van der Waals surface area contributed by atoms with Crippen LogP contribution in [0.25, 0.3) is 11.5 Å². The molecule has 1 amide bonds. The molecule has 0 aliphatic heterocycles. The summed E-state index contributed by atoms with van der Waals surface area (Å²) in [5.74, 6) is -0.624. The van der Waals surface area contributed by atoms with Gasteiger partial charge in [0.15, 0.2) is 0 Å². The SMILES string of the molecule is NC(=O)C[C@H](NS(=O)(=O)C1CC1)c1nc(-c2cc(Cl)ccn2)no1. The van der Waals surface area contributed by atoms with E-state index < -0.39 is 27.2 Å². The number of amides is 1. The number of nitrogens with two attached hydrogens (primary N) is 1. The van der Waals surface area contributed by atoms with Gasteiger partial charge in [0.2, 0.25) is 27.6 Å². The summed E-state index contributed by atoms with van der Waals surface area (Å²) in [5.41, 5.74) is 5.55. The summed E-state index contributed by atoms with van der Waals surface area (Å²) in [6.07, 6.45) is 2.35. The van der Waals surface area contributed by atoms with E-state index in [9.17, 15) is 13.2 Å². The minimum absolute atomic E-state index is 0.0604. The lowest BCUT2D eigenvalue weighted by Crippen LogP contribution is -2.34. The number of halogens is 1. The van der Waals surface area contributed by atoms with Crippen molar-refractivity contribution in [3.8, 4) is 11.5 Å². The molecular weight excluding hydrogens is 358 g/mol. The van der Waals surface area contributed by atoms with Crippen LogP contribution in [0.15, 0.2) is 22.9 Å². The van der Waals surface area contributed by atoms with Crippen LogP contribution < -0.4 is 10.5 Å². The highest BCUT2D eigenvalue weighted by atomic mass is 35.5. The highest BCUT2D eigenvalue weighted by Gasteiger charge is 2.38. The van der Waals surface area contributed by atoms with Crippen molar-refractivity contribution < 1.29 is 17.7 Å². The zero-order valence-electron chi connectivity index (χ0n) is 12.3. The van der Waals surface area contributed by atoms with Crippen molar-refractivity contribution in [2.75, 3.05) is 0 Å². The normalized spacial score (nSPS) is 16.0. The van der Waals surface area contributed by atoms with Gasteiger partial charge in [-0.05, 0) is 25.0 Å². The molecule has 3 rings (SSSR count). The molecule has 3 N–H and O–H groups in total.